The Morgan fingerprint density at radius 3 is 2.69 bits per heavy atom. The summed E-state index contributed by atoms with van der Waals surface area (Å²) in [5.41, 5.74) is 2.06. The fourth-order valence-corrected chi connectivity index (χ4v) is 2.24. The Labute approximate surface area is 94.2 Å². The molecule has 1 saturated carbocycles. The number of hydrogen-bond donors (Lipinski definition) is 0. The molecule has 0 N–H and O–H groups in total. The van der Waals surface area contributed by atoms with E-state index < -0.39 is 5.54 Å². The van der Waals surface area contributed by atoms with Crippen molar-refractivity contribution in [2.45, 2.75) is 31.7 Å². The van der Waals surface area contributed by atoms with E-state index in [0.717, 1.165) is 36.7 Å². The van der Waals surface area contributed by atoms with E-state index in [0.29, 0.717) is 5.56 Å². The fraction of sp³-hybridized carbons (Fsp3) is 0.385. The molecule has 0 saturated heterocycles. The lowest BCUT2D eigenvalue weighted by molar-refractivity contribution is 0.111. The number of hydrogen-bond acceptors (Lipinski definition) is 3. The number of carbonyl (C=O) groups excluding carboxylic acids is 2. The van der Waals surface area contributed by atoms with Gasteiger partial charge in [0.25, 0.3) is 0 Å². The SMILES string of the molecule is Cc1ccc(C2(N=C=O)CCC2)c(C=O)c1. The predicted molar refractivity (Wildman–Crippen MR) is 60.2 cm³/mol. The van der Waals surface area contributed by atoms with Gasteiger partial charge in [-0.3, -0.25) is 4.79 Å². The molecule has 1 aromatic carbocycles. The maximum atomic E-state index is 11.0. The monoisotopic (exact) mass is 215 g/mol. The van der Waals surface area contributed by atoms with Gasteiger partial charge in [-0.15, -0.1) is 0 Å². The zero-order valence-corrected chi connectivity index (χ0v) is 9.19. The maximum Gasteiger partial charge on any atom is 0.235 e. The van der Waals surface area contributed by atoms with E-state index in [1.807, 2.05) is 25.1 Å². The molecule has 3 heteroatoms. The molecule has 1 aromatic rings. The molecule has 1 fully saturated rings. The second-order valence-electron chi connectivity index (χ2n) is 4.30. The molecule has 2 rings (SSSR count). The van der Waals surface area contributed by atoms with Crippen LogP contribution in [0.1, 0.15) is 40.7 Å². The van der Waals surface area contributed by atoms with Crippen LogP contribution in [-0.2, 0) is 10.3 Å². The van der Waals surface area contributed by atoms with E-state index in [9.17, 15) is 9.59 Å². The molecule has 0 radical (unpaired) electrons. The van der Waals surface area contributed by atoms with Gasteiger partial charge in [-0.25, -0.2) is 4.79 Å². The van der Waals surface area contributed by atoms with Gasteiger partial charge >= 0.3 is 0 Å². The van der Waals surface area contributed by atoms with Crippen molar-refractivity contribution in [1.29, 1.82) is 0 Å². The summed E-state index contributed by atoms with van der Waals surface area (Å²) in [6, 6.07) is 5.69. The molecule has 0 aromatic heterocycles. The van der Waals surface area contributed by atoms with Crippen LogP contribution in [0.5, 0.6) is 0 Å². The van der Waals surface area contributed by atoms with Gasteiger partial charge in [0.15, 0.2) is 0 Å². The molecule has 0 amide bonds. The highest BCUT2D eigenvalue weighted by molar-refractivity contribution is 5.78. The Morgan fingerprint density at radius 1 is 1.44 bits per heavy atom. The average Bonchev–Trinajstić information content (AvgIpc) is 2.24. The minimum absolute atomic E-state index is 0.480. The van der Waals surface area contributed by atoms with Crippen LogP contribution in [0.2, 0.25) is 0 Å². The first-order valence-corrected chi connectivity index (χ1v) is 5.37. The van der Waals surface area contributed by atoms with Crippen molar-refractivity contribution in [2.75, 3.05) is 0 Å². The molecular weight excluding hydrogens is 202 g/mol. The zero-order chi connectivity index (χ0) is 11.6. The van der Waals surface area contributed by atoms with Crippen LogP contribution in [0.4, 0.5) is 0 Å². The summed E-state index contributed by atoms with van der Waals surface area (Å²) >= 11 is 0. The third kappa shape index (κ3) is 1.59. The Balaban J connectivity index is 2.53. The maximum absolute atomic E-state index is 11.0. The lowest BCUT2D eigenvalue weighted by Crippen LogP contribution is -2.33. The lowest BCUT2D eigenvalue weighted by atomic mass is 9.71. The number of carbonyl (C=O) groups is 1. The predicted octanol–water partition coefficient (Wildman–Crippen LogP) is 2.52. The number of aldehydes is 1. The Kier molecular flexibility index (Phi) is 2.71. The van der Waals surface area contributed by atoms with Crippen LogP contribution in [-0.4, -0.2) is 12.4 Å². The first kappa shape index (κ1) is 10.8. The number of nitrogens with zero attached hydrogens (tertiary/aromatic N) is 1. The molecule has 0 bridgehead atoms. The van der Waals surface area contributed by atoms with Crippen molar-refractivity contribution in [3.63, 3.8) is 0 Å². The minimum atomic E-state index is -0.480. The fourth-order valence-electron chi connectivity index (χ4n) is 2.24. The first-order chi connectivity index (χ1) is 7.72. The lowest BCUT2D eigenvalue weighted by Gasteiger charge is -2.37. The van der Waals surface area contributed by atoms with Crippen LogP contribution in [0.15, 0.2) is 23.2 Å². The van der Waals surface area contributed by atoms with Gasteiger partial charge in [-0.05, 0) is 37.8 Å². The third-order valence-electron chi connectivity index (χ3n) is 3.28. The van der Waals surface area contributed by atoms with Crippen molar-refractivity contribution < 1.29 is 9.59 Å². The summed E-state index contributed by atoms with van der Waals surface area (Å²) in [7, 11) is 0. The summed E-state index contributed by atoms with van der Waals surface area (Å²) in [6.07, 6.45) is 5.16. The number of rotatable bonds is 3. The summed E-state index contributed by atoms with van der Waals surface area (Å²) < 4.78 is 0. The summed E-state index contributed by atoms with van der Waals surface area (Å²) in [5, 5.41) is 0. The summed E-state index contributed by atoms with van der Waals surface area (Å²) in [4.78, 5) is 25.4. The second-order valence-corrected chi connectivity index (χ2v) is 4.30. The van der Waals surface area contributed by atoms with Crippen LogP contribution >= 0.6 is 0 Å². The Bertz CT molecular complexity index is 469. The van der Waals surface area contributed by atoms with Gasteiger partial charge in [0.2, 0.25) is 6.08 Å². The van der Waals surface area contributed by atoms with Crippen molar-refractivity contribution >= 4 is 12.4 Å². The minimum Gasteiger partial charge on any atom is -0.298 e. The smallest absolute Gasteiger partial charge is 0.235 e. The molecule has 3 nitrogen and oxygen atoms in total. The molecule has 0 heterocycles. The zero-order valence-electron chi connectivity index (χ0n) is 9.19. The van der Waals surface area contributed by atoms with Crippen LogP contribution in [0.3, 0.4) is 0 Å². The highest BCUT2D eigenvalue weighted by atomic mass is 16.1. The highest BCUT2D eigenvalue weighted by Gasteiger charge is 2.40. The van der Waals surface area contributed by atoms with E-state index in [1.165, 1.54) is 0 Å². The molecule has 1 aliphatic rings. The van der Waals surface area contributed by atoms with Crippen LogP contribution < -0.4 is 0 Å². The summed E-state index contributed by atoms with van der Waals surface area (Å²) in [6.45, 7) is 1.94. The average molecular weight is 215 g/mol. The molecular formula is C13H13NO2. The van der Waals surface area contributed by atoms with Crippen molar-refractivity contribution in [1.82, 2.24) is 0 Å². The van der Waals surface area contributed by atoms with E-state index >= 15 is 0 Å². The van der Waals surface area contributed by atoms with Gasteiger partial charge < -0.3 is 0 Å². The number of benzene rings is 1. The van der Waals surface area contributed by atoms with Crippen molar-refractivity contribution in [3.8, 4) is 0 Å². The number of aryl methyl sites for hydroxylation is 1. The van der Waals surface area contributed by atoms with Gasteiger partial charge in [-0.2, -0.15) is 4.99 Å². The Morgan fingerprint density at radius 2 is 2.19 bits per heavy atom. The largest absolute Gasteiger partial charge is 0.298 e. The van der Waals surface area contributed by atoms with Gasteiger partial charge in [0.1, 0.15) is 6.29 Å². The standard InChI is InChI=1S/C13H13NO2/c1-10-3-4-12(11(7-10)8-15)13(14-9-16)5-2-6-13/h3-4,7-8H,2,5-6H2,1H3. The summed E-state index contributed by atoms with van der Waals surface area (Å²) in [5.74, 6) is 0. The second kappa shape index (κ2) is 4.03. The highest BCUT2D eigenvalue weighted by Crippen LogP contribution is 2.45. The molecule has 16 heavy (non-hydrogen) atoms. The molecule has 82 valence electrons. The molecule has 0 aliphatic heterocycles. The van der Waals surface area contributed by atoms with Gasteiger partial charge in [0.05, 0.1) is 5.54 Å². The van der Waals surface area contributed by atoms with Crippen molar-refractivity contribution in [3.05, 3.63) is 34.9 Å². The van der Waals surface area contributed by atoms with E-state index in [2.05, 4.69) is 4.99 Å². The topological polar surface area (TPSA) is 46.5 Å². The van der Waals surface area contributed by atoms with Crippen LogP contribution in [0.25, 0.3) is 0 Å². The number of aliphatic imine (C=N–C) groups is 1. The van der Waals surface area contributed by atoms with E-state index in [4.69, 9.17) is 0 Å². The van der Waals surface area contributed by atoms with Crippen LogP contribution in [0, 0.1) is 6.92 Å². The molecule has 0 unspecified atom stereocenters. The first-order valence-electron chi connectivity index (χ1n) is 5.37. The molecule has 0 spiro atoms. The Hall–Kier alpha value is -1.73. The van der Waals surface area contributed by atoms with Gasteiger partial charge in [0, 0.05) is 5.56 Å². The normalized spacial score (nSPS) is 17.1. The number of isocyanates is 1. The quantitative estimate of drug-likeness (QED) is 0.442. The molecule has 1 aliphatic carbocycles. The van der Waals surface area contributed by atoms with Crippen molar-refractivity contribution in [2.24, 2.45) is 4.99 Å². The van der Waals surface area contributed by atoms with E-state index in [1.54, 1.807) is 6.08 Å². The van der Waals surface area contributed by atoms with Gasteiger partial charge in [-0.1, -0.05) is 17.7 Å². The third-order valence-corrected chi connectivity index (χ3v) is 3.28. The van der Waals surface area contributed by atoms with E-state index in [-0.39, 0.29) is 0 Å². The molecule has 0 atom stereocenters.